The summed E-state index contributed by atoms with van der Waals surface area (Å²) in [5, 5.41) is 11.9. The minimum absolute atomic E-state index is 0.0974. The zero-order valence-electron chi connectivity index (χ0n) is 26.2. The fraction of sp³-hybridized carbons (Fsp3) is 0.765. The molecule has 0 radical (unpaired) electrons. The summed E-state index contributed by atoms with van der Waals surface area (Å²) in [5.41, 5.74) is -1.34. The number of fused-ring (bicyclic) bond motifs is 7. The van der Waals surface area contributed by atoms with Gasteiger partial charge in [0.25, 0.3) is 0 Å². The van der Waals surface area contributed by atoms with Gasteiger partial charge in [0.2, 0.25) is 5.78 Å². The maximum atomic E-state index is 15.9. The van der Waals surface area contributed by atoms with E-state index < -0.39 is 53.7 Å². The molecule has 1 N–H and O–H groups in total. The Bertz CT molecular complexity index is 1150. The summed E-state index contributed by atoms with van der Waals surface area (Å²) >= 11 is 0. The number of esters is 1. The first-order chi connectivity index (χ1) is 19.8. The molecule has 0 aromatic heterocycles. The van der Waals surface area contributed by atoms with Crippen LogP contribution in [0.4, 0.5) is 4.39 Å². The number of allylic oxidation sites excluding steroid dienone is 5. The highest BCUT2D eigenvalue weighted by molar-refractivity contribution is 5.92. The van der Waals surface area contributed by atoms with Crippen LogP contribution in [0.15, 0.2) is 36.0 Å². The Labute approximate surface area is 250 Å². The second-order valence-corrected chi connectivity index (χ2v) is 14.2. The normalized spacial score (nSPS) is 42.2. The lowest BCUT2D eigenvalue weighted by molar-refractivity contribution is -0.203. The third-order valence-corrected chi connectivity index (χ3v) is 11.4. The standard InChI is InChI=1S/C34H50FNO6/c1-8-10-30-41-28-17-23-22-16-25(35)24-15-21(4)12-13-32(24,5)31(22)26(37)18-33(23,6)34(28,42-30)27(38)19-40-29(39)11-9-14-36(7)20(2)3/h12-13,15,20,22-23,25-26,28,30-31,37H,4,8-11,14,16-19H2,1-3,5-7H3/t22-,23-,25-,26?,28+,30?,31?,32-,33-,34+/m0/s1. The molecule has 7 nitrogen and oxygen atoms in total. The Morgan fingerprint density at radius 2 is 2.02 bits per heavy atom. The molecule has 8 heteroatoms. The highest BCUT2D eigenvalue weighted by Gasteiger charge is 2.76. The quantitative estimate of drug-likeness (QED) is 0.346. The fourth-order valence-electron chi connectivity index (χ4n) is 9.14. The number of aliphatic hydroxyl groups is 1. The van der Waals surface area contributed by atoms with Crippen LogP contribution in [0.3, 0.4) is 0 Å². The summed E-state index contributed by atoms with van der Waals surface area (Å²) in [5.74, 6) is -1.19. The number of halogens is 1. The second-order valence-electron chi connectivity index (χ2n) is 14.2. The van der Waals surface area contributed by atoms with E-state index in [4.69, 9.17) is 14.2 Å². The number of ether oxygens (including phenoxy) is 3. The average molecular weight is 588 g/mol. The van der Waals surface area contributed by atoms with E-state index in [-0.39, 0.29) is 36.4 Å². The van der Waals surface area contributed by atoms with Crippen LogP contribution in [0.1, 0.15) is 79.6 Å². The number of ketones is 1. The van der Waals surface area contributed by atoms with Gasteiger partial charge in [-0.1, -0.05) is 52.0 Å². The Kier molecular flexibility index (Phi) is 8.69. The molecular formula is C34H50FNO6. The summed E-state index contributed by atoms with van der Waals surface area (Å²) in [6.07, 6.45) is 6.24. The number of aliphatic hydroxyl groups excluding tert-OH is 1. The fourth-order valence-corrected chi connectivity index (χ4v) is 9.14. The first-order valence-corrected chi connectivity index (χ1v) is 15.9. The van der Waals surface area contributed by atoms with Gasteiger partial charge in [0, 0.05) is 29.2 Å². The van der Waals surface area contributed by atoms with Crippen LogP contribution >= 0.6 is 0 Å². The van der Waals surface area contributed by atoms with Crippen molar-refractivity contribution in [1.82, 2.24) is 4.90 Å². The number of hydrogen-bond acceptors (Lipinski definition) is 7. The molecule has 4 fully saturated rings. The van der Waals surface area contributed by atoms with Crippen molar-refractivity contribution >= 4 is 11.8 Å². The van der Waals surface area contributed by atoms with Crippen LogP contribution in [0, 0.1) is 28.6 Å². The van der Waals surface area contributed by atoms with E-state index in [1.165, 1.54) is 0 Å². The molecule has 5 rings (SSSR count). The highest BCUT2D eigenvalue weighted by Crippen LogP contribution is 2.70. The first kappa shape index (κ1) is 31.6. The molecule has 0 spiro atoms. The number of hydrogen-bond donors (Lipinski definition) is 1. The van der Waals surface area contributed by atoms with E-state index in [9.17, 15) is 14.7 Å². The van der Waals surface area contributed by atoms with Crippen molar-refractivity contribution in [2.75, 3.05) is 20.2 Å². The van der Waals surface area contributed by atoms with Gasteiger partial charge in [-0.15, -0.1) is 0 Å². The van der Waals surface area contributed by atoms with E-state index in [0.717, 1.165) is 18.5 Å². The van der Waals surface area contributed by atoms with Gasteiger partial charge in [-0.3, -0.25) is 9.59 Å². The van der Waals surface area contributed by atoms with Crippen LogP contribution in [0.2, 0.25) is 0 Å². The number of Topliss-reactive ketones (excluding diaryl/α,β-unsaturated/α-hetero) is 1. The SMILES string of the molecule is C=C1C=C[C@@]2(C)C(=C1)[C@@H](F)C[C@@H]1C2C(O)C[C@@]2(C)[C@H]1C[C@H]1OC(CCC)O[C@]12C(=O)COC(=O)CCCN(C)C(C)C. The first-order valence-electron chi connectivity index (χ1n) is 15.9. The monoisotopic (exact) mass is 587 g/mol. The van der Waals surface area contributed by atoms with Gasteiger partial charge in [-0.25, -0.2) is 4.39 Å². The number of alkyl halides is 1. The number of carbonyl (C=O) groups excluding carboxylic acids is 2. The van der Waals surface area contributed by atoms with Crippen LogP contribution < -0.4 is 0 Å². The molecule has 0 bridgehead atoms. The van der Waals surface area contributed by atoms with Crippen LogP contribution in [-0.4, -0.2) is 78.3 Å². The van der Waals surface area contributed by atoms with Gasteiger partial charge < -0.3 is 24.2 Å². The minimum Gasteiger partial charge on any atom is -0.458 e. The zero-order chi connectivity index (χ0) is 30.6. The van der Waals surface area contributed by atoms with Crippen molar-refractivity contribution in [1.29, 1.82) is 0 Å². The number of carbonyl (C=O) groups is 2. The van der Waals surface area contributed by atoms with E-state index in [1.54, 1.807) is 0 Å². The van der Waals surface area contributed by atoms with Gasteiger partial charge in [-0.05, 0) is 82.5 Å². The van der Waals surface area contributed by atoms with Crippen molar-refractivity contribution in [2.45, 2.75) is 116 Å². The van der Waals surface area contributed by atoms with E-state index in [0.29, 0.717) is 37.3 Å². The highest BCUT2D eigenvalue weighted by atomic mass is 19.1. The van der Waals surface area contributed by atoms with E-state index >= 15 is 4.39 Å². The lowest BCUT2D eigenvalue weighted by atomic mass is 9.46. The largest absolute Gasteiger partial charge is 0.458 e. The molecule has 1 heterocycles. The summed E-state index contributed by atoms with van der Waals surface area (Å²) in [6.45, 7) is 14.6. The van der Waals surface area contributed by atoms with Crippen molar-refractivity contribution in [3.05, 3.63) is 36.0 Å². The van der Waals surface area contributed by atoms with Gasteiger partial charge >= 0.3 is 5.97 Å². The lowest BCUT2D eigenvalue weighted by Gasteiger charge is -2.60. The Balaban J connectivity index is 1.39. The number of rotatable bonds is 10. The molecule has 0 amide bonds. The molecule has 1 aliphatic heterocycles. The molecule has 42 heavy (non-hydrogen) atoms. The predicted molar refractivity (Wildman–Crippen MR) is 158 cm³/mol. The lowest BCUT2D eigenvalue weighted by Crippen LogP contribution is -2.64. The number of nitrogens with zero attached hydrogens (tertiary/aromatic N) is 1. The second kappa shape index (κ2) is 11.6. The Morgan fingerprint density at radius 1 is 1.29 bits per heavy atom. The molecule has 10 atom stereocenters. The topological polar surface area (TPSA) is 85.3 Å². The summed E-state index contributed by atoms with van der Waals surface area (Å²) in [6, 6.07) is 0.381. The molecule has 5 aliphatic rings. The minimum atomic E-state index is -1.36. The van der Waals surface area contributed by atoms with E-state index in [2.05, 4.69) is 25.3 Å². The Morgan fingerprint density at radius 3 is 2.71 bits per heavy atom. The molecule has 1 saturated heterocycles. The van der Waals surface area contributed by atoms with Gasteiger partial charge in [-0.2, -0.15) is 0 Å². The van der Waals surface area contributed by atoms with Gasteiger partial charge in [0.15, 0.2) is 18.5 Å². The Hall–Kier alpha value is -1.87. The summed E-state index contributed by atoms with van der Waals surface area (Å²) < 4.78 is 34.5. The van der Waals surface area contributed by atoms with E-state index in [1.807, 2.05) is 46.0 Å². The van der Waals surface area contributed by atoms with Crippen molar-refractivity contribution in [3.8, 4) is 0 Å². The van der Waals surface area contributed by atoms with Crippen molar-refractivity contribution in [2.24, 2.45) is 28.6 Å². The van der Waals surface area contributed by atoms with Crippen molar-refractivity contribution in [3.63, 3.8) is 0 Å². The molecule has 0 aromatic carbocycles. The zero-order valence-corrected chi connectivity index (χ0v) is 26.2. The maximum absolute atomic E-state index is 15.9. The summed E-state index contributed by atoms with van der Waals surface area (Å²) in [4.78, 5) is 29.0. The predicted octanol–water partition coefficient (Wildman–Crippen LogP) is 5.32. The molecule has 0 aromatic rings. The van der Waals surface area contributed by atoms with Crippen LogP contribution in [0.25, 0.3) is 0 Å². The maximum Gasteiger partial charge on any atom is 0.306 e. The van der Waals surface area contributed by atoms with Crippen molar-refractivity contribution < 1.29 is 33.3 Å². The molecule has 3 saturated carbocycles. The average Bonchev–Trinajstić information content (AvgIpc) is 3.40. The van der Waals surface area contributed by atoms with Crippen LogP contribution in [-0.2, 0) is 23.8 Å². The third kappa shape index (κ3) is 4.94. The third-order valence-electron chi connectivity index (χ3n) is 11.4. The van der Waals surface area contributed by atoms with Crippen LogP contribution in [0.5, 0.6) is 0 Å². The van der Waals surface area contributed by atoms with Gasteiger partial charge in [0.1, 0.15) is 6.17 Å². The molecule has 4 aliphatic carbocycles. The smallest absolute Gasteiger partial charge is 0.306 e. The molecule has 3 unspecified atom stereocenters. The van der Waals surface area contributed by atoms with Gasteiger partial charge in [0.05, 0.1) is 12.2 Å². The molecular weight excluding hydrogens is 537 g/mol. The molecule has 234 valence electrons. The summed E-state index contributed by atoms with van der Waals surface area (Å²) in [7, 11) is 2.01.